The Balaban J connectivity index is 2.36. The standard InChI is InChI=1S/C15H23ClN2O2/c1-11(19)8-15(2,3)10-18-14(20)17-9-12-6-4-5-7-13(12)16/h4-7,11,19H,8-10H2,1-3H3,(H2,17,18,20). The summed E-state index contributed by atoms with van der Waals surface area (Å²) in [5, 5.41) is 15.6. The zero-order chi connectivity index (χ0) is 15.2. The molecule has 0 aliphatic rings. The highest BCUT2D eigenvalue weighted by Crippen LogP contribution is 2.21. The van der Waals surface area contributed by atoms with Gasteiger partial charge in [0.05, 0.1) is 6.10 Å². The molecule has 0 aliphatic carbocycles. The van der Waals surface area contributed by atoms with E-state index in [-0.39, 0.29) is 17.6 Å². The maximum absolute atomic E-state index is 11.7. The maximum atomic E-state index is 11.7. The summed E-state index contributed by atoms with van der Waals surface area (Å²) in [4.78, 5) is 11.7. The molecule has 0 aliphatic heterocycles. The normalized spacial score (nSPS) is 12.8. The molecule has 0 saturated carbocycles. The Morgan fingerprint density at radius 3 is 2.60 bits per heavy atom. The molecule has 0 saturated heterocycles. The number of urea groups is 1. The first-order chi connectivity index (χ1) is 9.30. The predicted molar refractivity (Wildman–Crippen MR) is 81.8 cm³/mol. The number of aliphatic hydroxyl groups excluding tert-OH is 1. The summed E-state index contributed by atoms with van der Waals surface area (Å²) in [5.41, 5.74) is 0.739. The van der Waals surface area contributed by atoms with E-state index in [1.165, 1.54) is 0 Å². The average Bonchev–Trinajstić information content (AvgIpc) is 2.34. The Hall–Kier alpha value is -1.26. The first kappa shape index (κ1) is 16.8. The zero-order valence-corrected chi connectivity index (χ0v) is 13.0. The van der Waals surface area contributed by atoms with E-state index in [1.807, 2.05) is 32.0 Å². The Kier molecular flexibility index (Phi) is 6.30. The third-order valence-corrected chi connectivity index (χ3v) is 3.34. The molecule has 3 N–H and O–H groups in total. The zero-order valence-electron chi connectivity index (χ0n) is 12.2. The van der Waals surface area contributed by atoms with Gasteiger partial charge in [0.25, 0.3) is 0 Å². The number of carbonyl (C=O) groups is 1. The van der Waals surface area contributed by atoms with Gasteiger partial charge in [0.15, 0.2) is 0 Å². The second-order valence-corrected chi connectivity index (χ2v) is 6.25. The number of nitrogens with one attached hydrogen (secondary N) is 2. The summed E-state index contributed by atoms with van der Waals surface area (Å²) >= 11 is 6.02. The van der Waals surface area contributed by atoms with Crippen molar-refractivity contribution in [1.29, 1.82) is 0 Å². The number of hydrogen-bond acceptors (Lipinski definition) is 2. The van der Waals surface area contributed by atoms with Crippen LogP contribution in [0.4, 0.5) is 4.79 Å². The number of halogens is 1. The van der Waals surface area contributed by atoms with Crippen molar-refractivity contribution in [2.45, 2.75) is 39.8 Å². The minimum absolute atomic E-state index is 0.143. The molecule has 112 valence electrons. The van der Waals surface area contributed by atoms with Crippen LogP contribution in [0.15, 0.2) is 24.3 Å². The fourth-order valence-corrected chi connectivity index (χ4v) is 2.27. The molecule has 0 heterocycles. The second kappa shape index (κ2) is 7.50. The van der Waals surface area contributed by atoms with Crippen molar-refractivity contribution in [3.8, 4) is 0 Å². The third-order valence-electron chi connectivity index (χ3n) is 2.97. The SMILES string of the molecule is CC(O)CC(C)(C)CNC(=O)NCc1ccccc1Cl. The van der Waals surface area contributed by atoms with Gasteiger partial charge >= 0.3 is 6.03 Å². The van der Waals surface area contributed by atoms with E-state index in [4.69, 9.17) is 11.6 Å². The van der Waals surface area contributed by atoms with Crippen LogP contribution in [0.1, 0.15) is 32.8 Å². The first-order valence-electron chi connectivity index (χ1n) is 6.73. The molecule has 1 unspecified atom stereocenters. The van der Waals surface area contributed by atoms with E-state index in [1.54, 1.807) is 13.0 Å². The first-order valence-corrected chi connectivity index (χ1v) is 7.11. The molecule has 5 heteroatoms. The van der Waals surface area contributed by atoms with E-state index in [0.717, 1.165) is 5.56 Å². The number of amides is 2. The highest BCUT2D eigenvalue weighted by atomic mass is 35.5. The summed E-state index contributed by atoms with van der Waals surface area (Å²) in [6, 6.07) is 7.17. The van der Waals surface area contributed by atoms with E-state index in [9.17, 15) is 9.90 Å². The largest absolute Gasteiger partial charge is 0.393 e. The molecule has 1 rings (SSSR count). The van der Waals surface area contributed by atoms with Crippen LogP contribution in [0.5, 0.6) is 0 Å². The Morgan fingerprint density at radius 1 is 1.35 bits per heavy atom. The van der Waals surface area contributed by atoms with Gasteiger partial charge in [-0.2, -0.15) is 0 Å². The molecule has 1 aromatic carbocycles. The maximum Gasteiger partial charge on any atom is 0.315 e. The molecule has 0 bridgehead atoms. The van der Waals surface area contributed by atoms with Gasteiger partial charge < -0.3 is 15.7 Å². The third kappa shape index (κ3) is 6.26. The van der Waals surface area contributed by atoms with Gasteiger partial charge in [-0.25, -0.2) is 4.79 Å². The van der Waals surface area contributed by atoms with Crippen LogP contribution in [0.3, 0.4) is 0 Å². The highest BCUT2D eigenvalue weighted by molar-refractivity contribution is 6.31. The van der Waals surface area contributed by atoms with Gasteiger partial charge in [-0.1, -0.05) is 43.6 Å². The van der Waals surface area contributed by atoms with E-state index in [2.05, 4.69) is 10.6 Å². The van der Waals surface area contributed by atoms with Crippen LogP contribution in [0.25, 0.3) is 0 Å². The van der Waals surface area contributed by atoms with Crippen molar-refractivity contribution >= 4 is 17.6 Å². The van der Waals surface area contributed by atoms with Crippen molar-refractivity contribution in [3.05, 3.63) is 34.9 Å². The molecule has 2 amide bonds. The number of hydrogen-bond donors (Lipinski definition) is 3. The quantitative estimate of drug-likeness (QED) is 0.756. The lowest BCUT2D eigenvalue weighted by Crippen LogP contribution is -2.41. The second-order valence-electron chi connectivity index (χ2n) is 5.84. The van der Waals surface area contributed by atoms with Crippen LogP contribution in [-0.2, 0) is 6.54 Å². The van der Waals surface area contributed by atoms with Crippen molar-refractivity contribution < 1.29 is 9.90 Å². The summed E-state index contributed by atoms with van der Waals surface area (Å²) in [7, 11) is 0. The van der Waals surface area contributed by atoms with E-state index < -0.39 is 0 Å². The Labute approximate surface area is 125 Å². The molecule has 20 heavy (non-hydrogen) atoms. The number of rotatable bonds is 6. The summed E-state index contributed by atoms with van der Waals surface area (Å²) in [6.07, 6.45) is 0.260. The summed E-state index contributed by atoms with van der Waals surface area (Å²) < 4.78 is 0. The van der Waals surface area contributed by atoms with Crippen LogP contribution >= 0.6 is 11.6 Å². The van der Waals surface area contributed by atoms with Gasteiger partial charge in [-0.15, -0.1) is 0 Å². The van der Waals surface area contributed by atoms with Gasteiger partial charge in [0.1, 0.15) is 0 Å². The van der Waals surface area contributed by atoms with E-state index in [0.29, 0.717) is 24.5 Å². The number of benzene rings is 1. The lowest BCUT2D eigenvalue weighted by Gasteiger charge is -2.26. The van der Waals surface area contributed by atoms with E-state index >= 15 is 0 Å². The molecule has 0 spiro atoms. The average molecular weight is 299 g/mol. The molecule has 1 aromatic rings. The van der Waals surface area contributed by atoms with Crippen molar-refractivity contribution in [1.82, 2.24) is 10.6 Å². The topological polar surface area (TPSA) is 61.4 Å². The summed E-state index contributed by atoms with van der Waals surface area (Å²) in [5.74, 6) is 0. The lowest BCUT2D eigenvalue weighted by atomic mass is 9.87. The minimum atomic E-state index is -0.377. The molecular weight excluding hydrogens is 276 g/mol. The van der Waals surface area contributed by atoms with Crippen LogP contribution in [-0.4, -0.2) is 23.8 Å². The lowest BCUT2D eigenvalue weighted by molar-refractivity contribution is 0.129. The molecule has 0 radical (unpaired) electrons. The summed E-state index contributed by atoms with van der Waals surface area (Å²) in [6.45, 7) is 6.66. The molecular formula is C15H23ClN2O2. The number of aliphatic hydroxyl groups is 1. The minimum Gasteiger partial charge on any atom is -0.393 e. The highest BCUT2D eigenvalue weighted by Gasteiger charge is 2.20. The van der Waals surface area contributed by atoms with Crippen molar-refractivity contribution in [2.24, 2.45) is 5.41 Å². The van der Waals surface area contributed by atoms with Gasteiger partial charge in [0.2, 0.25) is 0 Å². The molecule has 0 fully saturated rings. The predicted octanol–water partition coefficient (Wildman–Crippen LogP) is 2.94. The molecule has 0 aromatic heterocycles. The van der Waals surface area contributed by atoms with Crippen molar-refractivity contribution in [2.75, 3.05) is 6.54 Å². The Bertz CT molecular complexity index is 447. The fourth-order valence-electron chi connectivity index (χ4n) is 2.07. The molecule has 4 nitrogen and oxygen atoms in total. The Morgan fingerprint density at radius 2 is 2.00 bits per heavy atom. The number of carbonyl (C=O) groups excluding carboxylic acids is 1. The fraction of sp³-hybridized carbons (Fsp3) is 0.533. The van der Waals surface area contributed by atoms with Crippen LogP contribution in [0, 0.1) is 5.41 Å². The van der Waals surface area contributed by atoms with Gasteiger partial charge in [0, 0.05) is 18.1 Å². The molecule has 1 atom stereocenters. The van der Waals surface area contributed by atoms with Gasteiger partial charge in [-0.05, 0) is 30.4 Å². The van der Waals surface area contributed by atoms with Crippen LogP contribution in [0.2, 0.25) is 5.02 Å². The monoisotopic (exact) mass is 298 g/mol. The smallest absolute Gasteiger partial charge is 0.315 e. The van der Waals surface area contributed by atoms with Crippen LogP contribution < -0.4 is 10.6 Å². The van der Waals surface area contributed by atoms with Crippen molar-refractivity contribution in [3.63, 3.8) is 0 Å². The van der Waals surface area contributed by atoms with Gasteiger partial charge in [-0.3, -0.25) is 0 Å².